The monoisotopic (exact) mass is 415 g/mol. The number of thioether (sulfide) groups is 1. The second-order valence-electron chi connectivity index (χ2n) is 6.41. The average Bonchev–Trinajstić information content (AvgIpc) is 3.08. The fraction of sp³-hybridized carbons (Fsp3) is 0.562. The summed E-state index contributed by atoms with van der Waals surface area (Å²) in [7, 11) is -2.15. The molecule has 0 saturated carbocycles. The minimum absolute atomic E-state index is 0.123. The fourth-order valence-electron chi connectivity index (χ4n) is 2.68. The molecule has 0 amide bonds. The van der Waals surface area contributed by atoms with Gasteiger partial charge in [0.05, 0.1) is 9.82 Å². The molecule has 1 aliphatic heterocycles. The minimum Gasteiger partial charge on any atom is -0.355 e. The van der Waals surface area contributed by atoms with Crippen molar-refractivity contribution in [3.63, 3.8) is 0 Å². The Kier molecular flexibility index (Phi) is 7.45. The van der Waals surface area contributed by atoms with Gasteiger partial charge in [0.1, 0.15) is 0 Å². The van der Waals surface area contributed by atoms with Gasteiger partial charge in [0.15, 0.2) is 5.96 Å². The van der Waals surface area contributed by atoms with Crippen molar-refractivity contribution < 1.29 is 13.3 Å². The molecule has 0 aromatic heterocycles. The lowest BCUT2D eigenvalue weighted by molar-refractivity contribution is -0.385. The van der Waals surface area contributed by atoms with Gasteiger partial charge in [-0.2, -0.15) is 11.8 Å². The standard InChI is InChI=1S/C16H25N5O4S2/c1-16(7-4-10-26-16)12-19-15(17-2)18-8-9-20-27(24,25)14-6-3-5-13(11-14)21(22)23/h3,5-6,11,20H,4,7-10,12H2,1-2H3,(H2,17,18,19). The predicted octanol–water partition coefficient (Wildman–Crippen LogP) is 1.32. The van der Waals surface area contributed by atoms with Crippen LogP contribution in [0.15, 0.2) is 34.2 Å². The Labute approximate surface area is 163 Å². The smallest absolute Gasteiger partial charge is 0.270 e. The molecular formula is C16H25N5O4S2. The first-order valence-corrected chi connectivity index (χ1v) is 11.1. The van der Waals surface area contributed by atoms with E-state index in [-0.39, 0.29) is 21.9 Å². The van der Waals surface area contributed by atoms with Crippen LogP contribution in [0.25, 0.3) is 0 Å². The number of guanidine groups is 1. The summed E-state index contributed by atoms with van der Waals surface area (Å²) in [6, 6.07) is 4.96. The van der Waals surface area contributed by atoms with Gasteiger partial charge < -0.3 is 10.6 Å². The van der Waals surface area contributed by atoms with Crippen molar-refractivity contribution in [3.8, 4) is 0 Å². The van der Waals surface area contributed by atoms with Gasteiger partial charge in [-0.25, -0.2) is 13.1 Å². The topological polar surface area (TPSA) is 126 Å². The van der Waals surface area contributed by atoms with E-state index in [9.17, 15) is 18.5 Å². The number of nitro benzene ring substituents is 1. The van der Waals surface area contributed by atoms with E-state index in [4.69, 9.17) is 0 Å². The minimum atomic E-state index is -3.81. The SMILES string of the molecule is CN=C(NCCNS(=O)(=O)c1cccc([N+](=O)[O-])c1)NCC1(C)CCCS1. The molecule has 0 aliphatic carbocycles. The maximum Gasteiger partial charge on any atom is 0.270 e. The molecule has 1 saturated heterocycles. The van der Waals surface area contributed by atoms with Crippen molar-refractivity contribution in [3.05, 3.63) is 34.4 Å². The average molecular weight is 416 g/mol. The van der Waals surface area contributed by atoms with Crippen LogP contribution in [0, 0.1) is 10.1 Å². The van der Waals surface area contributed by atoms with Crippen LogP contribution in [0.4, 0.5) is 5.69 Å². The first-order valence-electron chi connectivity index (χ1n) is 8.58. The van der Waals surface area contributed by atoms with Gasteiger partial charge in [0, 0.05) is 43.6 Å². The lowest BCUT2D eigenvalue weighted by atomic mass is 10.1. The molecule has 9 nitrogen and oxygen atoms in total. The number of hydrogen-bond donors (Lipinski definition) is 3. The maximum absolute atomic E-state index is 12.3. The molecule has 1 aromatic carbocycles. The number of rotatable bonds is 8. The van der Waals surface area contributed by atoms with Gasteiger partial charge >= 0.3 is 0 Å². The van der Waals surface area contributed by atoms with Gasteiger partial charge in [-0.3, -0.25) is 15.1 Å². The van der Waals surface area contributed by atoms with Gasteiger partial charge in [0.25, 0.3) is 5.69 Å². The van der Waals surface area contributed by atoms with Crippen LogP contribution in [-0.2, 0) is 10.0 Å². The number of nitrogens with one attached hydrogen (secondary N) is 3. The second-order valence-corrected chi connectivity index (χ2v) is 9.86. The number of non-ortho nitro benzene ring substituents is 1. The molecule has 1 aliphatic rings. The van der Waals surface area contributed by atoms with E-state index in [0.717, 1.165) is 19.0 Å². The normalized spacial score (nSPS) is 20.4. The van der Waals surface area contributed by atoms with Crippen LogP contribution in [0.2, 0.25) is 0 Å². The maximum atomic E-state index is 12.3. The molecule has 3 N–H and O–H groups in total. The van der Waals surface area contributed by atoms with E-state index in [1.165, 1.54) is 30.4 Å². The first-order chi connectivity index (χ1) is 12.8. The second kappa shape index (κ2) is 9.38. The highest BCUT2D eigenvalue weighted by molar-refractivity contribution is 8.00. The Balaban J connectivity index is 1.80. The molecule has 11 heteroatoms. The summed E-state index contributed by atoms with van der Waals surface area (Å²) in [5, 5.41) is 17.1. The van der Waals surface area contributed by atoms with Crippen molar-refractivity contribution in [2.24, 2.45) is 4.99 Å². The number of benzene rings is 1. The molecule has 0 bridgehead atoms. The Bertz CT molecular complexity index is 792. The van der Waals surface area contributed by atoms with Crippen molar-refractivity contribution >= 4 is 33.4 Å². The zero-order valence-corrected chi connectivity index (χ0v) is 17.0. The Hall–Kier alpha value is -1.85. The van der Waals surface area contributed by atoms with Crippen molar-refractivity contribution in [1.82, 2.24) is 15.4 Å². The summed E-state index contributed by atoms with van der Waals surface area (Å²) in [5.41, 5.74) is -0.265. The Morgan fingerprint density at radius 1 is 1.37 bits per heavy atom. The van der Waals surface area contributed by atoms with Crippen LogP contribution in [0.1, 0.15) is 19.8 Å². The van der Waals surface area contributed by atoms with E-state index in [1.807, 2.05) is 11.8 Å². The number of sulfonamides is 1. The number of hydrogen-bond acceptors (Lipinski definition) is 6. The van der Waals surface area contributed by atoms with Crippen molar-refractivity contribution in [1.29, 1.82) is 0 Å². The van der Waals surface area contributed by atoms with Crippen LogP contribution in [-0.4, -0.2) is 56.5 Å². The van der Waals surface area contributed by atoms with Crippen LogP contribution in [0.5, 0.6) is 0 Å². The third kappa shape index (κ3) is 6.36. The lowest BCUT2D eigenvalue weighted by Gasteiger charge is -2.24. The molecular weight excluding hydrogens is 390 g/mol. The van der Waals surface area contributed by atoms with E-state index in [0.29, 0.717) is 12.5 Å². The van der Waals surface area contributed by atoms with Gasteiger partial charge in [0.2, 0.25) is 10.0 Å². The van der Waals surface area contributed by atoms with Crippen LogP contribution < -0.4 is 15.4 Å². The van der Waals surface area contributed by atoms with Crippen molar-refractivity contribution in [2.45, 2.75) is 29.4 Å². The number of nitro groups is 1. The highest BCUT2D eigenvalue weighted by Gasteiger charge is 2.29. The summed E-state index contributed by atoms with van der Waals surface area (Å²) in [6.45, 7) is 3.46. The summed E-state index contributed by atoms with van der Waals surface area (Å²) in [5.74, 6) is 1.78. The summed E-state index contributed by atoms with van der Waals surface area (Å²) >= 11 is 1.94. The van der Waals surface area contributed by atoms with E-state index < -0.39 is 14.9 Å². The first kappa shape index (κ1) is 21.5. The highest BCUT2D eigenvalue weighted by atomic mass is 32.2. The largest absolute Gasteiger partial charge is 0.355 e. The quantitative estimate of drug-likeness (QED) is 0.192. The summed E-state index contributed by atoms with van der Waals surface area (Å²) < 4.78 is 27.1. The molecule has 1 heterocycles. The lowest BCUT2D eigenvalue weighted by Crippen LogP contribution is -2.45. The van der Waals surface area contributed by atoms with Gasteiger partial charge in [-0.05, 0) is 31.6 Å². The van der Waals surface area contributed by atoms with E-state index in [1.54, 1.807) is 7.05 Å². The molecule has 27 heavy (non-hydrogen) atoms. The highest BCUT2D eigenvalue weighted by Crippen LogP contribution is 2.36. The van der Waals surface area contributed by atoms with Crippen LogP contribution >= 0.6 is 11.8 Å². The molecule has 0 spiro atoms. The summed E-state index contributed by atoms with van der Waals surface area (Å²) in [6.07, 6.45) is 2.37. The molecule has 1 aromatic rings. The molecule has 150 valence electrons. The number of aliphatic imine (C=N–C) groups is 1. The molecule has 1 fully saturated rings. The number of nitrogens with zero attached hydrogens (tertiary/aromatic N) is 2. The molecule has 2 rings (SSSR count). The van der Waals surface area contributed by atoms with Crippen molar-refractivity contribution in [2.75, 3.05) is 32.4 Å². The Morgan fingerprint density at radius 3 is 2.78 bits per heavy atom. The van der Waals surface area contributed by atoms with E-state index >= 15 is 0 Å². The fourth-order valence-corrected chi connectivity index (χ4v) is 5.00. The van der Waals surface area contributed by atoms with Gasteiger partial charge in [-0.1, -0.05) is 6.07 Å². The van der Waals surface area contributed by atoms with Gasteiger partial charge in [-0.15, -0.1) is 0 Å². The van der Waals surface area contributed by atoms with Crippen LogP contribution in [0.3, 0.4) is 0 Å². The Morgan fingerprint density at radius 2 is 2.15 bits per heavy atom. The van der Waals surface area contributed by atoms with E-state index in [2.05, 4.69) is 27.3 Å². The molecule has 1 unspecified atom stereocenters. The summed E-state index contributed by atoms with van der Waals surface area (Å²) in [4.78, 5) is 14.2. The zero-order chi connectivity index (χ0) is 19.9. The third-order valence-electron chi connectivity index (χ3n) is 4.20. The third-order valence-corrected chi connectivity index (χ3v) is 7.20. The molecule has 1 atom stereocenters. The molecule has 0 radical (unpaired) electrons. The predicted molar refractivity (Wildman–Crippen MR) is 108 cm³/mol. The zero-order valence-electron chi connectivity index (χ0n) is 15.4.